The second kappa shape index (κ2) is 22.8. The van der Waals surface area contributed by atoms with Crippen molar-refractivity contribution in [3.8, 4) is 0 Å². The van der Waals surface area contributed by atoms with Gasteiger partial charge < -0.3 is 5.11 Å². The summed E-state index contributed by atoms with van der Waals surface area (Å²) in [6.07, 6.45) is 19.2. The second-order valence-corrected chi connectivity index (χ2v) is 5.32. The molecule has 0 aliphatic rings. The molecule has 0 saturated heterocycles. The molecule has 0 unspecified atom stereocenters. The largest absolute Gasteiger partial charge is 0.396 e. The van der Waals surface area contributed by atoms with Gasteiger partial charge in [-0.2, -0.15) is 0 Å². The first-order valence-electron chi connectivity index (χ1n) is 8.52. The highest BCUT2D eigenvalue weighted by atomic mass is 16.2. The molecule has 0 rings (SSSR count). The Hall–Kier alpha value is -0.300. The van der Waals surface area contributed by atoms with Crippen molar-refractivity contribution in [1.29, 1.82) is 0 Å². The van der Waals surface area contributed by atoms with Crippen LogP contribution in [0.2, 0.25) is 0 Å². The van der Waals surface area contributed by atoms with Crippen LogP contribution in [0.4, 0.5) is 0 Å². The van der Waals surface area contributed by atoms with Crippen LogP contribution in [0.25, 0.3) is 0 Å². The van der Waals surface area contributed by atoms with E-state index < -0.39 is 0 Å². The summed E-state index contributed by atoms with van der Waals surface area (Å²) in [6, 6.07) is 0. The van der Waals surface area contributed by atoms with Gasteiger partial charge in [-0.3, -0.25) is 0 Å². The van der Waals surface area contributed by atoms with Gasteiger partial charge in [-0.25, -0.2) is 0 Å². The fourth-order valence-corrected chi connectivity index (χ4v) is 2.31. The topological polar surface area (TPSA) is 20.2 Å². The molecule has 0 saturated carbocycles. The summed E-state index contributed by atoms with van der Waals surface area (Å²) in [5.74, 6) is 0. The normalized spacial score (nSPS) is 10.0. The van der Waals surface area contributed by atoms with Gasteiger partial charge >= 0.3 is 0 Å². The summed E-state index contributed by atoms with van der Waals surface area (Å²) < 4.78 is 0. The smallest absolute Gasteiger partial charge is 0.0431 e. The van der Waals surface area contributed by atoms with Crippen LogP contribution in [-0.4, -0.2) is 11.7 Å². The van der Waals surface area contributed by atoms with Gasteiger partial charge in [0, 0.05) is 6.61 Å². The summed E-state index contributed by atoms with van der Waals surface area (Å²) in [4.78, 5) is 0. The molecule has 0 aromatic rings. The van der Waals surface area contributed by atoms with E-state index in [2.05, 4.69) is 20.1 Å². The Bertz CT molecular complexity index is 120. The van der Waals surface area contributed by atoms with Gasteiger partial charge in [-0.1, -0.05) is 90.4 Å². The fourth-order valence-electron chi connectivity index (χ4n) is 2.31. The quantitative estimate of drug-likeness (QED) is 0.291. The van der Waals surface area contributed by atoms with Gasteiger partial charge in [0.05, 0.1) is 0 Å². The molecule has 0 spiro atoms. The van der Waals surface area contributed by atoms with Crippen molar-refractivity contribution in [2.45, 2.75) is 96.8 Å². The van der Waals surface area contributed by atoms with Crippen molar-refractivity contribution in [1.82, 2.24) is 0 Å². The first kappa shape index (κ1) is 21.0. The molecule has 1 nitrogen and oxygen atoms in total. The molecule has 1 N–H and O–H groups in total. The van der Waals surface area contributed by atoms with Gasteiger partial charge in [0.1, 0.15) is 0 Å². The molecule has 0 amide bonds. The molecule has 0 radical (unpaired) electrons. The molecule has 0 bridgehead atoms. The van der Waals surface area contributed by atoms with Crippen molar-refractivity contribution in [3.05, 3.63) is 13.2 Å². The van der Waals surface area contributed by atoms with Crippen LogP contribution in [0.5, 0.6) is 0 Å². The van der Waals surface area contributed by atoms with Gasteiger partial charge in [-0.05, 0) is 6.42 Å². The van der Waals surface area contributed by atoms with Gasteiger partial charge in [-0.15, -0.1) is 13.2 Å². The van der Waals surface area contributed by atoms with Crippen molar-refractivity contribution < 1.29 is 5.11 Å². The van der Waals surface area contributed by atoms with Gasteiger partial charge in [0.2, 0.25) is 0 Å². The summed E-state index contributed by atoms with van der Waals surface area (Å²) in [5, 5.41) is 8.64. The van der Waals surface area contributed by atoms with E-state index in [0.29, 0.717) is 6.61 Å². The monoisotopic (exact) mass is 270 g/mol. The van der Waals surface area contributed by atoms with Crippen LogP contribution in [-0.2, 0) is 0 Å². The molecule has 0 aliphatic carbocycles. The zero-order valence-electron chi connectivity index (χ0n) is 13.5. The van der Waals surface area contributed by atoms with E-state index in [0.717, 1.165) is 6.42 Å². The van der Waals surface area contributed by atoms with E-state index in [9.17, 15) is 0 Å². The SMILES string of the molecule is C=C.CCCCCCCCCCCCCCCCO. The summed E-state index contributed by atoms with van der Waals surface area (Å²) in [6.45, 7) is 8.65. The van der Waals surface area contributed by atoms with Crippen LogP contribution in [0.3, 0.4) is 0 Å². The lowest BCUT2D eigenvalue weighted by molar-refractivity contribution is 0.282. The van der Waals surface area contributed by atoms with E-state index in [1.54, 1.807) is 0 Å². The number of hydrogen-bond acceptors (Lipinski definition) is 1. The average Bonchev–Trinajstić information content (AvgIpc) is 2.46. The first-order valence-corrected chi connectivity index (χ1v) is 8.52. The molecule has 0 aliphatic heterocycles. The Morgan fingerprint density at radius 2 is 0.789 bits per heavy atom. The molecule has 0 atom stereocenters. The highest BCUT2D eigenvalue weighted by Crippen LogP contribution is 2.12. The standard InChI is InChI=1S/C16H34O.C2H4/c1-2-3-4-5-6-7-8-9-10-11-12-13-14-15-16-17;1-2/h17H,2-16H2,1H3;1-2H2. The minimum atomic E-state index is 0.373. The molecule has 0 fully saturated rings. The molecule has 19 heavy (non-hydrogen) atoms. The van der Waals surface area contributed by atoms with E-state index >= 15 is 0 Å². The van der Waals surface area contributed by atoms with E-state index in [4.69, 9.17) is 5.11 Å². The Morgan fingerprint density at radius 1 is 0.526 bits per heavy atom. The third kappa shape index (κ3) is 23.2. The highest BCUT2D eigenvalue weighted by molar-refractivity contribution is 4.48. The van der Waals surface area contributed by atoms with Crippen LogP contribution in [0.15, 0.2) is 13.2 Å². The van der Waals surface area contributed by atoms with Crippen LogP contribution in [0, 0.1) is 0 Å². The van der Waals surface area contributed by atoms with Crippen LogP contribution >= 0.6 is 0 Å². The predicted octanol–water partition coefficient (Wildman–Crippen LogP) is 6.26. The number of hydrogen-bond donors (Lipinski definition) is 1. The molecular weight excluding hydrogens is 232 g/mol. The lowest BCUT2D eigenvalue weighted by atomic mass is 10.0. The summed E-state index contributed by atoms with van der Waals surface area (Å²) >= 11 is 0. The van der Waals surface area contributed by atoms with E-state index in [1.165, 1.54) is 83.5 Å². The lowest BCUT2D eigenvalue weighted by Gasteiger charge is -2.02. The molecule has 1 heteroatoms. The minimum Gasteiger partial charge on any atom is -0.396 e. The van der Waals surface area contributed by atoms with Gasteiger partial charge in [0.25, 0.3) is 0 Å². The Balaban J connectivity index is 0. The van der Waals surface area contributed by atoms with Crippen molar-refractivity contribution in [2.75, 3.05) is 6.61 Å². The zero-order valence-corrected chi connectivity index (χ0v) is 13.5. The molecular formula is C18H38O. The lowest BCUT2D eigenvalue weighted by Crippen LogP contribution is -1.84. The predicted molar refractivity (Wildman–Crippen MR) is 88.7 cm³/mol. The molecule has 0 aromatic heterocycles. The molecule has 0 heterocycles. The third-order valence-electron chi connectivity index (χ3n) is 3.51. The third-order valence-corrected chi connectivity index (χ3v) is 3.51. The van der Waals surface area contributed by atoms with Gasteiger partial charge in [0.15, 0.2) is 0 Å². The number of rotatable bonds is 14. The fraction of sp³-hybridized carbons (Fsp3) is 0.889. The minimum absolute atomic E-state index is 0.373. The Morgan fingerprint density at radius 3 is 1.05 bits per heavy atom. The highest BCUT2D eigenvalue weighted by Gasteiger charge is 1.93. The summed E-state index contributed by atoms with van der Waals surface area (Å²) in [5.41, 5.74) is 0. The molecule has 116 valence electrons. The summed E-state index contributed by atoms with van der Waals surface area (Å²) in [7, 11) is 0. The maximum atomic E-state index is 8.64. The van der Waals surface area contributed by atoms with Crippen LogP contribution < -0.4 is 0 Å². The number of aliphatic hydroxyl groups is 1. The average molecular weight is 271 g/mol. The van der Waals surface area contributed by atoms with E-state index in [-0.39, 0.29) is 0 Å². The van der Waals surface area contributed by atoms with Crippen molar-refractivity contribution in [2.24, 2.45) is 0 Å². The van der Waals surface area contributed by atoms with Crippen LogP contribution in [0.1, 0.15) is 96.8 Å². The Kier molecular flexibility index (Phi) is 25.3. The maximum Gasteiger partial charge on any atom is 0.0431 e. The molecule has 0 aromatic carbocycles. The van der Waals surface area contributed by atoms with E-state index in [1.807, 2.05) is 0 Å². The van der Waals surface area contributed by atoms with Crippen molar-refractivity contribution >= 4 is 0 Å². The second-order valence-electron chi connectivity index (χ2n) is 5.32. The first-order chi connectivity index (χ1) is 9.41. The van der Waals surface area contributed by atoms with Crippen molar-refractivity contribution in [3.63, 3.8) is 0 Å². The number of aliphatic hydroxyl groups excluding tert-OH is 1. The Labute approximate surface area is 122 Å². The zero-order chi connectivity index (χ0) is 14.6. The number of unbranched alkanes of at least 4 members (excludes halogenated alkanes) is 13. The maximum absolute atomic E-state index is 8.64.